The van der Waals surface area contributed by atoms with Crippen LogP contribution in [0, 0.1) is 5.41 Å². The fraction of sp³-hybridized carbons (Fsp3) is 0.467. The van der Waals surface area contributed by atoms with Gasteiger partial charge in [-0.25, -0.2) is 0 Å². The molecule has 0 radical (unpaired) electrons. The van der Waals surface area contributed by atoms with E-state index in [1.807, 2.05) is 12.1 Å². The van der Waals surface area contributed by atoms with Crippen LogP contribution in [-0.2, 0) is 9.59 Å². The summed E-state index contributed by atoms with van der Waals surface area (Å²) < 4.78 is 6.40. The molecule has 1 fully saturated rings. The number of carbonyl (C=O) groups excluding carboxylic acids is 1. The third-order valence-electron chi connectivity index (χ3n) is 3.91. The highest BCUT2D eigenvalue weighted by molar-refractivity contribution is 9.10. The molecule has 1 N–H and O–H groups in total. The zero-order chi connectivity index (χ0) is 15.5. The topological polar surface area (TPSA) is 66.8 Å². The van der Waals surface area contributed by atoms with Crippen molar-refractivity contribution in [2.24, 2.45) is 5.41 Å². The smallest absolute Gasteiger partial charge is 0.309 e. The number of halogens is 1. The van der Waals surface area contributed by atoms with E-state index >= 15 is 0 Å². The molecule has 5 nitrogen and oxygen atoms in total. The SMILES string of the molecule is CC1(C(=O)O)CCN(C(=O)COc2ccc(Br)cc2)CC1. The Balaban J connectivity index is 1.82. The van der Waals surface area contributed by atoms with Crippen molar-refractivity contribution in [2.45, 2.75) is 19.8 Å². The van der Waals surface area contributed by atoms with Crippen molar-refractivity contribution in [1.29, 1.82) is 0 Å². The molecule has 1 heterocycles. The molecule has 21 heavy (non-hydrogen) atoms. The molecule has 0 atom stereocenters. The number of aliphatic carboxylic acids is 1. The Morgan fingerprint density at radius 1 is 1.29 bits per heavy atom. The van der Waals surface area contributed by atoms with Crippen molar-refractivity contribution in [1.82, 2.24) is 4.90 Å². The Morgan fingerprint density at radius 3 is 2.38 bits per heavy atom. The molecule has 6 heteroatoms. The quantitative estimate of drug-likeness (QED) is 0.901. The van der Waals surface area contributed by atoms with Gasteiger partial charge in [-0.05, 0) is 44.0 Å². The number of carboxylic acids is 1. The molecule has 0 bridgehead atoms. The van der Waals surface area contributed by atoms with Gasteiger partial charge < -0.3 is 14.7 Å². The second kappa shape index (κ2) is 6.47. The number of nitrogens with zero attached hydrogens (tertiary/aromatic N) is 1. The van der Waals surface area contributed by atoms with Crippen LogP contribution in [0.3, 0.4) is 0 Å². The van der Waals surface area contributed by atoms with E-state index in [0.29, 0.717) is 31.7 Å². The minimum atomic E-state index is -0.791. The first-order chi connectivity index (χ1) is 9.90. The van der Waals surface area contributed by atoms with E-state index in [0.717, 1.165) is 4.47 Å². The van der Waals surface area contributed by atoms with Crippen LogP contribution in [-0.4, -0.2) is 41.6 Å². The van der Waals surface area contributed by atoms with Gasteiger partial charge in [0, 0.05) is 17.6 Å². The van der Waals surface area contributed by atoms with Crippen LogP contribution in [0.2, 0.25) is 0 Å². The monoisotopic (exact) mass is 355 g/mol. The fourth-order valence-corrected chi connectivity index (χ4v) is 2.50. The molecule has 0 saturated carbocycles. The lowest BCUT2D eigenvalue weighted by Gasteiger charge is -2.36. The highest BCUT2D eigenvalue weighted by atomic mass is 79.9. The predicted octanol–water partition coefficient (Wildman–Crippen LogP) is 2.54. The summed E-state index contributed by atoms with van der Waals surface area (Å²) in [5, 5.41) is 9.16. The third kappa shape index (κ3) is 3.97. The first kappa shape index (κ1) is 15.8. The van der Waals surface area contributed by atoms with Crippen molar-refractivity contribution in [3.8, 4) is 5.75 Å². The maximum atomic E-state index is 12.1. The van der Waals surface area contributed by atoms with Crippen LogP contribution in [0.25, 0.3) is 0 Å². The van der Waals surface area contributed by atoms with E-state index in [1.165, 1.54) is 0 Å². The number of hydrogen-bond donors (Lipinski definition) is 1. The first-order valence-corrected chi connectivity index (χ1v) is 7.59. The summed E-state index contributed by atoms with van der Waals surface area (Å²) in [7, 11) is 0. The molecule has 1 amide bonds. The lowest BCUT2D eigenvalue weighted by molar-refractivity contribution is -0.153. The summed E-state index contributed by atoms with van der Waals surface area (Å²) in [6.45, 7) is 2.64. The molecule has 1 saturated heterocycles. The Bertz CT molecular complexity index is 521. The van der Waals surface area contributed by atoms with Gasteiger partial charge in [-0.15, -0.1) is 0 Å². The fourth-order valence-electron chi connectivity index (χ4n) is 2.23. The van der Waals surface area contributed by atoms with Crippen molar-refractivity contribution in [3.63, 3.8) is 0 Å². The number of piperidine rings is 1. The molecule has 1 aromatic rings. The standard InChI is InChI=1S/C15H18BrNO4/c1-15(14(19)20)6-8-17(9-7-15)13(18)10-21-12-4-2-11(16)3-5-12/h2-5H,6-10H2,1H3,(H,19,20). The molecule has 0 unspecified atom stereocenters. The van der Waals surface area contributed by atoms with Crippen LogP contribution in [0.15, 0.2) is 28.7 Å². The zero-order valence-corrected chi connectivity index (χ0v) is 13.4. The third-order valence-corrected chi connectivity index (χ3v) is 4.44. The first-order valence-electron chi connectivity index (χ1n) is 6.80. The van der Waals surface area contributed by atoms with E-state index in [9.17, 15) is 9.59 Å². The maximum Gasteiger partial charge on any atom is 0.309 e. The molecular formula is C15H18BrNO4. The van der Waals surface area contributed by atoms with Gasteiger partial charge in [-0.2, -0.15) is 0 Å². The maximum absolute atomic E-state index is 12.1. The number of hydrogen-bond acceptors (Lipinski definition) is 3. The van der Waals surface area contributed by atoms with Crippen LogP contribution < -0.4 is 4.74 Å². The molecule has 0 aromatic heterocycles. The van der Waals surface area contributed by atoms with E-state index in [-0.39, 0.29) is 12.5 Å². The molecule has 1 aromatic carbocycles. The van der Waals surface area contributed by atoms with Crippen molar-refractivity contribution >= 4 is 27.8 Å². The van der Waals surface area contributed by atoms with Crippen LogP contribution in [0.5, 0.6) is 5.75 Å². The Morgan fingerprint density at radius 2 is 1.86 bits per heavy atom. The Hall–Kier alpha value is -1.56. The van der Waals surface area contributed by atoms with Gasteiger partial charge in [0.15, 0.2) is 6.61 Å². The molecule has 0 spiro atoms. The van der Waals surface area contributed by atoms with E-state index in [2.05, 4.69) is 15.9 Å². The largest absolute Gasteiger partial charge is 0.484 e. The molecule has 114 valence electrons. The van der Waals surface area contributed by atoms with Gasteiger partial charge in [0.25, 0.3) is 5.91 Å². The van der Waals surface area contributed by atoms with Gasteiger partial charge in [0.05, 0.1) is 5.41 Å². The van der Waals surface area contributed by atoms with E-state index in [4.69, 9.17) is 9.84 Å². The van der Waals surface area contributed by atoms with Gasteiger partial charge in [-0.1, -0.05) is 15.9 Å². The number of rotatable bonds is 4. The Kier molecular flexibility index (Phi) is 4.88. The zero-order valence-electron chi connectivity index (χ0n) is 11.8. The molecule has 1 aliphatic rings. The minimum absolute atomic E-state index is 0.0224. The van der Waals surface area contributed by atoms with Gasteiger partial charge in [-0.3, -0.25) is 9.59 Å². The highest BCUT2D eigenvalue weighted by Gasteiger charge is 2.37. The van der Waals surface area contributed by atoms with Crippen LogP contribution in [0.4, 0.5) is 0 Å². The van der Waals surface area contributed by atoms with Gasteiger partial charge >= 0.3 is 5.97 Å². The lowest BCUT2D eigenvalue weighted by atomic mass is 9.80. The normalized spacial score (nSPS) is 17.3. The van der Waals surface area contributed by atoms with Crippen molar-refractivity contribution in [3.05, 3.63) is 28.7 Å². The second-order valence-electron chi connectivity index (χ2n) is 5.49. The molecular weight excluding hydrogens is 338 g/mol. The summed E-state index contributed by atoms with van der Waals surface area (Å²) >= 11 is 3.33. The average Bonchev–Trinajstić information content (AvgIpc) is 2.47. The van der Waals surface area contributed by atoms with Crippen LogP contribution >= 0.6 is 15.9 Å². The Labute approximate surface area is 132 Å². The lowest BCUT2D eigenvalue weighted by Crippen LogP contribution is -2.46. The summed E-state index contributed by atoms with van der Waals surface area (Å²) in [5.74, 6) is -0.259. The second-order valence-corrected chi connectivity index (χ2v) is 6.40. The summed E-state index contributed by atoms with van der Waals surface area (Å²) in [6, 6.07) is 7.27. The number of amides is 1. The summed E-state index contributed by atoms with van der Waals surface area (Å²) in [6.07, 6.45) is 0.957. The number of likely N-dealkylation sites (tertiary alicyclic amines) is 1. The number of carboxylic acid groups (broad SMARTS) is 1. The molecule has 2 rings (SSSR count). The minimum Gasteiger partial charge on any atom is -0.484 e. The number of carbonyl (C=O) groups is 2. The van der Waals surface area contributed by atoms with Gasteiger partial charge in [0.2, 0.25) is 0 Å². The van der Waals surface area contributed by atoms with E-state index in [1.54, 1.807) is 24.0 Å². The highest BCUT2D eigenvalue weighted by Crippen LogP contribution is 2.31. The summed E-state index contributed by atoms with van der Waals surface area (Å²) in [4.78, 5) is 24.9. The van der Waals surface area contributed by atoms with E-state index < -0.39 is 11.4 Å². The van der Waals surface area contributed by atoms with Crippen molar-refractivity contribution in [2.75, 3.05) is 19.7 Å². The predicted molar refractivity (Wildman–Crippen MR) is 81.2 cm³/mol. The number of ether oxygens (including phenoxy) is 1. The summed E-state index contributed by atoms with van der Waals surface area (Å²) in [5.41, 5.74) is -0.719. The number of benzene rings is 1. The van der Waals surface area contributed by atoms with Crippen LogP contribution in [0.1, 0.15) is 19.8 Å². The molecule has 0 aliphatic carbocycles. The van der Waals surface area contributed by atoms with Gasteiger partial charge in [0.1, 0.15) is 5.75 Å². The van der Waals surface area contributed by atoms with Crippen molar-refractivity contribution < 1.29 is 19.4 Å². The average molecular weight is 356 g/mol. The molecule has 1 aliphatic heterocycles.